The van der Waals surface area contributed by atoms with E-state index in [4.69, 9.17) is 14.2 Å². The van der Waals surface area contributed by atoms with Crippen molar-refractivity contribution in [2.45, 2.75) is 12.0 Å². The third kappa shape index (κ3) is 4.80. The Hall–Kier alpha value is -3.12. The molecule has 0 aromatic heterocycles. The first-order valence-electron chi connectivity index (χ1n) is 10.1. The van der Waals surface area contributed by atoms with Crippen LogP contribution >= 0.6 is 11.8 Å². The van der Waals surface area contributed by atoms with Gasteiger partial charge in [0.05, 0.1) is 19.8 Å². The van der Waals surface area contributed by atoms with Crippen molar-refractivity contribution in [3.8, 4) is 17.2 Å². The molecule has 3 aromatic rings. The first-order valence-corrected chi connectivity index (χ1v) is 11.2. The molecule has 5 nitrogen and oxygen atoms in total. The highest BCUT2D eigenvalue weighted by atomic mass is 32.2. The lowest BCUT2D eigenvalue weighted by Gasteiger charge is -2.25. The van der Waals surface area contributed by atoms with Crippen LogP contribution in [-0.2, 0) is 6.61 Å². The van der Waals surface area contributed by atoms with Crippen LogP contribution in [0.25, 0.3) is 0 Å². The third-order valence-corrected chi connectivity index (χ3v) is 6.44. The van der Waals surface area contributed by atoms with Crippen molar-refractivity contribution in [1.29, 1.82) is 0 Å². The van der Waals surface area contributed by atoms with E-state index < -0.39 is 0 Å². The first-order chi connectivity index (χ1) is 15.2. The zero-order chi connectivity index (χ0) is 21.6. The van der Waals surface area contributed by atoms with E-state index in [1.807, 2.05) is 59.5 Å². The fourth-order valence-corrected chi connectivity index (χ4v) is 4.83. The molecule has 0 unspecified atom stereocenters. The van der Waals surface area contributed by atoms with Crippen molar-refractivity contribution >= 4 is 17.7 Å². The van der Waals surface area contributed by atoms with Crippen molar-refractivity contribution in [1.82, 2.24) is 4.90 Å². The Balaban J connectivity index is 1.52. The van der Waals surface area contributed by atoms with E-state index in [1.54, 1.807) is 44.2 Å². The molecule has 0 spiro atoms. The molecule has 0 radical (unpaired) electrons. The van der Waals surface area contributed by atoms with Crippen molar-refractivity contribution in [3.63, 3.8) is 0 Å². The van der Waals surface area contributed by atoms with Gasteiger partial charge in [0, 0.05) is 18.4 Å². The summed E-state index contributed by atoms with van der Waals surface area (Å²) < 4.78 is 16.7. The zero-order valence-corrected chi connectivity index (χ0v) is 18.4. The van der Waals surface area contributed by atoms with Gasteiger partial charge >= 0.3 is 0 Å². The average molecular weight is 436 g/mol. The van der Waals surface area contributed by atoms with Crippen LogP contribution in [0.4, 0.5) is 0 Å². The van der Waals surface area contributed by atoms with Crippen LogP contribution in [0.15, 0.2) is 72.8 Å². The predicted molar refractivity (Wildman–Crippen MR) is 123 cm³/mol. The quantitative estimate of drug-likeness (QED) is 0.512. The van der Waals surface area contributed by atoms with Gasteiger partial charge in [0.25, 0.3) is 5.91 Å². The minimum absolute atomic E-state index is 0.0508. The molecule has 0 bridgehead atoms. The van der Waals surface area contributed by atoms with Gasteiger partial charge in [-0.05, 0) is 35.4 Å². The van der Waals surface area contributed by atoms with Crippen LogP contribution in [0.3, 0.4) is 0 Å². The van der Waals surface area contributed by atoms with Crippen molar-refractivity contribution in [2.24, 2.45) is 0 Å². The number of carbonyl (C=O) groups excluding carboxylic acids is 1. The third-order valence-electron chi connectivity index (χ3n) is 5.18. The lowest BCUT2D eigenvalue weighted by Crippen LogP contribution is -2.30. The SMILES string of the molecule is COc1ccc(C(=O)N2CCS[C@@H]2c2cccc(OCc3ccccc3)c2)c(OC)c1. The Kier molecular flexibility index (Phi) is 6.67. The minimum atomic E-state index is -0.0698. The number of hydrogen-bond donors (Lipinski definition) is 0. The van der Waals surface area contributed by atoms with E-state index in [0.29, 0.717) is 30.2 Å². The zero-order valence-electron chi connectivity index (χ0n) is 17.6. The van der Waals surface area contributed by atoms with Gasteiger partial charge in [0.2, 0.25) is 0 Å². The van der Waals surface area contributed by atoms with E-state index in [2.05, 4.69) is 0 Å². The number of hydrogen-bond acceptors (Lipinski definition) is 5. The predicted octanol–water partition coefficient (Wildman–Crippen LogP) is 5.17. The van der Waals surface area contributed by atoms with Gasteiger partial charge in [-0.25, -0.2) is 0 Å². The normalized spacial score (nSPS) is 15.5. The summed E-state index contributed by atoms with van der Waals surface area (Å²) in [5.41, 5.74) is 2.70. The molecule has 1 saturated heterocycles. The fraction of sp³-hybridized carbons (Fsp3) is 0.240. The van der Waals surface area contributed by atoms with Crippen LogP contribution in [0.1, 0.15) is 26.9 Å². The molecule has 1 aliphatic rings. The number of carbonyl (C=O) groups is 1. The highest BCUT2D eigenvalue weighted by Crippen LogP contribution is 2.40. The molecular formula is C25H25NO4S. The maximum absolute atomic E-state index is 13.4. The molecule has 0 N–H and O–H groups in total. The lowest BCUT2D eigenvalue weighted by atomic mass is 10.1. The average Bonchev–Trinajstić information content (AvgIpc) is 3.33. The maximum Gasteiger partial charge on any atom is 0.258 e. The summed E-state index contributed by atoms with van der Waals surface area (Å²) in [5, 5.41) is -0.0698. The van der Waals surface area contributed by atoms with E-state index in [9.17, 15) is 4.79 Å². The molecule has 160 valence electrons. The molecule has 1 atom stereocenters. The summed E-state index contributed by atoms with van der Waals surface area (Å²) in [6.45, 7) is 1.19. The maximum atomic E-state index is 13.4. The number of benzene rings is 3. The molecule has 0 aliphatic carbocycles. The summed E-state index contributed by atoms with van der Waals surface area (Å²) in [5.74, 6) is 2.79. The molecular weight excluding hydrogens is 410 g/mol. The molecule has 1 amide bonds. The molecule has 1 heterocycles. The molecule has 4 rings (SSSR count). The summed E-state index contributed by atoms with van der Waals surface area (Å²) in [6.07, 6.45) is 0. The Morgan fingerprint density at radius 3 is 2.58 bits per heavy atom. The molecule has 1 aliphatic heterocycles. The molecule has 6 heteroatoms. The first kappa shape index (κ1) is 21.1. The van der Waals surface area contributed by atoms with Crippen LogP contribution in [0, 0.1) is 0 Å². The fourth-order valence-electron chi connectivity index (χ4n) is 3.58. The molecule has 3 aromatic carbocycles. The number of rotatable bonds is 7. The second-order valence-electron chi connectivity index (χ2n) is 7.13. The highest BCUT2D eigenvalue weighted by molar-refractivity contribution is 7.99. The van der Waals surface area contributed by atoms with E-state index in [1.165, 1.54) is 0 Å². The van der Waals surface area contributed by atoms with Gasteiger partial charge < -0.3 is 19.1 Å². The number of amides is 1. The summed E-state index contributed by atoms with van der Waals surface area (Å²) >= 11 is 1.75. The number of nitrogens with zero attached hydrogens (tertiary/aromatic N) is 1. The van der Waals surface area contributed by atoms with Crippen molar-refractivity contribution in [3.05, 3.63) is 89.5 Å². The number of thioether (sulfide) groups is 1. The standard InChI is InChI=1S/C25H25NO4S/c1-28-20-11-12-22(23(16-20)29-2)24(27)26-13-14-31-25(26)19-9-6-10-21(15-19)30-17-18-7-4-3-5-8-18/h3-12,15-16,25H,13-14,17H2,1-2H3/t25-/m1/s1. The van der Waals surface area contributed by atoms with E-state index >= 15 is 0 Å². The van der Waals surface area contributed by atoms with Gasteiger partial charge in [0.1, 0.15) is 29.2 Å². The number of ether oxygens (including phenoxy) is 3. The van der Waals surface area contributed by atoms with Crippen molar-refractivity contribution < 1.29 is 19.0 Å². The van der Waals surface area contributed by atoms with Crippen LogP contribution in [-0.4, -0.2) is 37.3 Å². The second kappa shape index (κ2) is 9.79. The van der Waals surface area contributed by atoms with Gasteiger partial charge in [0.15, 0.2) is 0 Å². The van der Waals surface area contributed by atoms with Gasteiger partial charge in [-0.3, -0.25) is 4.79 Å². The smallest absolute Gasteiger partial charge is 0.258 e. The Bertz CT molecular complexity index is 1040. The minimum Gasteiger partial charge on any atom is -0.497 e. The van der Waals surface area contributed by atoms with Gasteiger partial charge in [-0.1, -0.05) is 42.5 Å². The Labute approximate surface area is 186 Å². The van der Waals surface area contributed by atoms with Crippen LogP contribution in [0.5, 0.6) is 17.2 Å². The van der Waals surface area contributed by atoms with Gasteiger partial charge in [-0.15, -0.1) is 11.8 Å². The summed E-state index contributed by atoms with van der Waals surface area (Å²) in [6, 6.07) is 23.4. The topological polar surface area (TPSA) is 48.0 Å². The highest BCUT2D eigenvalue weighted by Gasteiger charge is 2.32. The van der Waals surface area contributed by atoms with Crippen LogP contribution in [0.2, 0.25) is 0 Å². The summed E-state index contributed by atoms with van der Waals surface area (Å²) in [4.78, 5) is 15.3. The second-order valence-corrected chi connectivity index (χ2v) is 8.32. The summed E-state index contributed by atoms with van der Waals surface area (Å²) in [7, 11) is 3.16. The monoisotopic (exact) mass is 435 g/mol. The largest absolute Gasteiger partial charge is 0.497 e. The van der Waals surface area contributed by atoms with Crippen LogP contribution < -0.4 is 14.2 Å². The Morgan fingerprint density at radius 2 is 1.81 bits per heavy atom. The van der Waals surface area contributed by atoms with Crippen molar-refractivity contribution in [2.75, 3.05) is 26.5 Å². The lowest BCUT2D eigenvalue weighted by molar-refractivity contribution is 0.0756. The molecule has 0 saturated carbocycles. The molecule has 1 fully saturated rings. The molecule has 31 heavy (non-hydrogen) atoms. The number of methoxy groups -OCH3 is 2. The van der Waals surface area contributed by atoms with E-state index in [-0.39, 0.29) is 11.3 Å². The van der Waals surface area contributed by atoms with E-state index in [0.717, 1.165) is 22.6 Å². The van der Waals surface area contributed by atoms with Gasteiger partial charge in [-0.2, -0.15) is 0 Å². The Morgan fingerprint density at radius 1 is 0.968 bits per heavy atom.